The number of rotatable bonds is 4. The summed E-state index contributed by atoms with van der Waals surface area (Å²) in [6, 6.07) is 7.71. The average molecular weight is 405 g/mol. The number of anilines is 1. The SMILES string of the molecule is CC(C)(C)OC(=O)N1CCC(NC2CCN(c3ccc([N+](=O)[O-])cc3)CC2)CC1. The third kappa shape index (κ3) is 6.06. The first-order valence-electron chi connectivity index (χ1n) is 10.4. The monoisotopic (exact) mass is 404 g/mol. The van der Waals surface area contributed by atoms with Crippen molar-refractivity contribution in [1.82, 2.24) is 10.2 Å². The third-order valence-corrected chi connectivity index (χ3v) is 5.54. The van der Waals surface area contributed by atoms with Crippen molar-refractivity contribution in [1.29, 1.82) is 0 Å². The fraction of sp³-hybridized carbons (Fsp3) is 0.667. The minimum atomic E-state index is -0.455. The number of nitro benzene ring substituents is 1. The van der Waals surface area contributed by atoms with Gasteiger partial charge in [-0.1, -0.05) is 0 Å². The van der Waals surface area contributed by atoms with Crippen molar-refractivity contribution in [3.63, 3.8) is 0 Å². The molecule has 0 saturated carbocycles. The van der Waals surface area contributed by atoms with E-state index in [2.05, 4.69) is 10.2 Å². The molecule has 2 heterocycles. The molecule has 0 radical (unpaired) electrons. The molecule has 29 heavy (non-hydrogen) atoms. The standard InChI is InChI=1S/C21H32N4O4/c1-21(2,3)29-20(26)24-14-10-17(11-15-24)22-16-8-12-23(13-9-16)18-4-6-19(7-5-18)25(27)28/h4-7,16-17,22H,8-15H2,1-3H3. The van der Waals surface area contributed by atoms with Gasteiger partial charge in [-0.05, 0) is 58.6 Å². The predicted octanol–water partition coefficient (Wildman–Crippen LogP) is 3.55. The van der Waals surface area contributed by atoms with Gasteiger partial charge in [-0.3, -0.25) is 10.1 Å². The van der Waals surface area contributed by atoms with E-state index in [9.17, 15) is 14.9 Å². The third-order valence-electron chi connectivity index (χ3n) is 5.54. The zero-order valence-electron chi connectivity index (χ0n) is 17.6. The lowest BCUT2D eigenvalue weighted by atomic mass is 9.99. The summed E-state index contributed by atoms with van der Waals surface area (Å²) in [5.41, 5.74) is 0.715. The summed E-state index contributed by atoms with van der Waals surface area (Å²) in [6.07, 6.45) is 3.77. The number of piperidine rings is 2. The van der Waals surface area contributed by atoms with Gasteiger partial charge >= 0.3 is 6.09 Å². The van der Waals surface area contributed by atoms with Gasteiger partial charge in [0.25, 0.3) is 5.69 Å². The lowest BCUT2D eigenvalue weighted by Gasteiger charge is -2.38. The smallest absolute Gasteiger partial charge is 0.410 e. The van der Waals surface area contributed by atoms with Crippen LogP contribution in [0, 0.1) is 10.1 Å². The van der Waals surface area contributed by atoms with E-state index < -0.39 is 5.60 Å². The van der Waals surface area contributed by atoms with E-state index in [4.69, 9.17) is 4.74 Å². The van der Waals surface area contributed by atoms with Crippen LogP contribution in [0.15, 0.2) is 24.3 Å². The zero-order valence-corrected chi connectivity index (χ0v) is 17.6. The lowest BCUT2D eigenvalue weighted by molar-refractivity contribution is -0.384. The Kier molecular flexibility index (Phi) is 6.62. The van der Waals surface area contributed by atoms with Gasteiger partial charge < -0.3 is 19.9 Å². The number of nitrogens with one attached hydrogen (secondary N) is 1. The van der Waals surface area contributed by atoms with Crippen LogP contribution < -0.4 is 10.2 Å². The molecule has 1 aromatic rings. The quantitative estimate of drug-likeness (QED) is 0.610. The van der Waals surface area contributed by atoms with Gasteiger partial charge in [0.1, 0.15) is 5.60 Å². The Balaban J connectivity index is 1.40. The second-order valence-corrected chi connectivity index (χ2v) is 8.94. The number of hydrogen-bond acceptors (Lipinski definition) is 6. The Labute approximate surface area is 172 Å². The van der Waals surface area contributed by atoms with Crippen molar-refractivity contribution < 1.29 is 14.5 Å². The topological polar surface area (TPSA) is 88.0 Å². The predicted molar refractivity (Wildman–Crippen MR) is 112 cm³/mol. The molecule has 2 saturated heterocycles. The number of carbonyl (C=O) groups is 1. The number of hydrogen-bond donors (Lipinski definition) is 1. The summed E-state index contributed by atoms with van der Waals surface area (Å²) in [6.45, 7) is 9.01. The average Bonchev–Trinajstić information content (AvgIpc) is 2.68. The molecule has 8 nitrogen and oxygen atoms in total. The Morgan fingerprint density at radius 3 is 2.03 bits per heavy atom. The van der Waals surface area contributed by atoms with E-state index in [1.54, 1.807) is 17.0 Å². The van der Waals surface area contributed by atoms with Gasteiger partial charge in [0.2, 0.25) is 0 Å². The molecule has 0 bridgehead atoms. The summed E-state index contributed by atoms with van der Waals surface area (Å²) < 4.78 is 5.46. The minimum Gasteiger partial charge on any atom is -0.444 e. The fourth-order valence-electron chi connectivity index (χ4n) is 3.98. The molecule has 2 aliphatic rings. The summed E-state index contributed by atoms with van der Waals surface area (Å²) in [4.78, 5) is 26.7. The van der Waals surface area contributed by atoms with Gasteiger partial charge in [-0.2, -0.15) is 0 Å². The highest BCUT2D eigenvalue weighted by Gasteiger charge is 2.29. The first-order chi connectivity index (χ1) is 13.7. The lowest BCUT2D eigenvalue weighted by Crippen LogP contribution is -2.51. The van der Waals surface area contributed by atoms with Crippen LogP contribution in [0.2, 0.25) is 0 Å². The molecule has 0 atom stereocenters. The van der Waals surface area contributed by atoms with Crippen LogP contribution >= 0.6 is 0 Å². The second kappa shape index (κ2) is 8.98. The Morgan fingerprint density at radius 1 is 1.03 bits per heavy atom. The molecule has 8 heteroatoms. The highest BCUT2D eigenvalue weighted by atomic mass is 16.6. The first kappa shape index (κ1) is 21.4. The molecule has 1 N–H and O–H groups in total. The van der Waals surface area contributed by atoms with Crippen molar-refractivity contribution >= 4 is 17.5 Å². The molecule has 160 valence electrons. The van der Waals surface area contributed by atoms with Gasteiger partial charge in [-0.25, -0.2) is 4.79 Å². The van der Waals surface area contributed by atoms with Crippen LogP contribution in [0.4, 0.5) is 16.2 Å². The van der Waals surface area contributed by atoms with Crippen molar-refractivity contribution in [3.8, 4) is 0 Å². The summed E-state index contributed by atoms with van der Waals surface area (Å²) in [5, 5.41) is 14.6. The Hall–Kier alpha value is -2.35. The first-order valence-corrected chi connectivity index (χ1v) is 10.4. The largest absolute Gasteiger partial charge is 0.444 e. The molecule has 3 rings (SSSR count). The zero-order chi connectivity index (χ0) is 21.0. The maximum atomic E-state index is 12.2. The van der Waals surface area contributed by atoms with E-state index in [1.165, 1.54) is 0 Å². The second-order valence-electron chi connectivity index (χ2n) is 8.94. The molecule has 0 spiro atoms. The van der Waals surface area contributed by atoms with E-state index in [0.29, 0.717) is 12.1 Å². The number of nitro groups is 1. The Bertz CT molecular complexity index is 700. The van der Waals surface area contributed by atoms with Crippen LogP contribution in [-0.4, -0.2) is 59.8 Å². The summed E-state index contributed by atoms with van der Waals surface area (Å²) in [5.74, 6) is 0. The molecule has 2 aliphatic heterocycles. The molecule has 1 amide bonds. The number of likely N-dealkylation sites (tertiary alicyclic amines) is 1. The van der Waals surface area contributed by atoms with E-state index in [0.717, 1.165) is 57.5 Å². The van der Waals surface area contributed by atoms with Crippen molar-refractivity contribution in [2.75, 3.05) is 31.1 Å². The van der Waals surface area contributed by atoms with Gasteiger partial charge in [0, 0.05) is 56.1 Å². The van der Waals surface area contributed by atoms with Gasteiger partial charge in [0.05, 0.1) is 4.92 Å². The van der Waals surface area contributed by atoms with Crippen LogP contribution in [0.1, 0.15) is 46.5 Å². The summed E-state index contributed by atoms with van der Waals surface area (Å²) in [7, 11) is 0. The van der Waals surface area contributed by atoms with Crippen LogP contribution in [0.3, 0.4) is 0 Å². The summed E-state index contributed by atoms with van der Waals surface area (Å²) >= 11 is 0. The molecule has 0 aromatic heterocycles. The molecule has 2 fully saturated rings. The van der Waals surface area contributed by atoms with Crippen molar-refractivity contribution in [2.24, 2.45) is 0 Å². The van der Waals surface area contributed by atoms with Gasteiger partial charge in [-0.15, -0.1) is 0 Å². The maximum absolute atomic E-state index is 12.2. The van der Waals surface area contributed by atoms with Crippen molar-refractivity contribution in [2.45, 2.75) is 64.1 Å². The Morgan fingerprint density at radius 2 is 1.55 bits per heavy atom. The number of ether oxygens (including phenoxy) is 1. The molecule has 1 aromatic carbocycles. The highest BCUT2D eigenvalue weighted by molar-refractivity contribution is 5.68. The minimum absolute atomic E-state index is 0.128. The normalized spacial score (nSPS) is 19.3. The fourth-order valence-corrected chi connectivity index (χ4v) is 3.98. The maximum Gasteiger partial charge on any atom is 0.410 e. The molecule has 0 aliphatic carbocycles. The molecular weight excluding hydrogens is 372 g/mol. The molecular formula is C21H32N4O4. The number of non-ortho nitro benzene ring substituents is 1. The van der Waals surface area contributed by atoms with Crippen molar-refractivity contribution in [3.05, 3.63) is 34.4 Å². The number of amides is 1. The van der Waals surface area contributed by atoms with E-state index in [-0.39, 0.29) is 16.7 Å². The number of carbonyl (C=O) groups excluding carboxylic acids is 1. The van der Waals surface area contributed by atoms with Crippen LogP contribution in [0.25, 0.3) is 0 Å². The number of benzene rings is 1. The molecule has 0 unspecified atom stereocenters. The highest BCUT2D eigenvalue weighted by Crippen LogP contribution is 2.24. The van der Waals surface area contributed by atoms with Gasteiger partial charge in [0.15, 0.2) is 0 Å². The van der Waals surface area contributed by atoms with E-state index in [1.807, 2.05) is 32.9 Å². The number of nitrogens with zero attached hydrogens (tertiary/aromatic N) is 3. The van der Waals surface area contributed by atoms with Crippen LogP contribution in [0.5, 0.6) is 0 Å². The van der Waals surface area contributed by atoms with E-state index >= 15 is 0 Å². The van der Waals surface area contributed by atoms with Crippen LogP contribution in [-0.2, 0) is 4.74 Å².